The minimum absolute atomic E-state index is 0.0940. The van der Waals surface area contributed by atoms with Crippen molar-refractivity contribution >= 4 is 22.8 Å². The summed E-state index contributed by atoms with van der Waals surface area (Å²) < 4.78 is 10.6. The summed E-state index contributed by atoms with van der Waals surface area (Å²) in [6.45, 7) is 4.19. The van der Waals surface area contributed by atoms with E-state index in [-0.39, 0.29) is 12.3 Å². The van der Waals surface area contributed by atoms with Crippen LogP contribution < -0.4 is 10.5 Å². The number of aromatic nitrogens is 1. The van der Waals surface area contributed by atoms with Crippen LogP contribution in [0.25, 0.3) is 10.9 Å². The van der Waals surface area contributed by atoms with Gasteiger partial charge < -0.3 is 25.3 Å². The predicted octanol–water partition coefficient (Wildman–Crippen LogP) is 2.33. The van der Waals surface area contributed by atoms with Crippen LogP contribution in [-0.2, 0) is 16.0 Å². The summed E-state index contributed by atoms with van der Waals surface area (Å²) in [5, 5.41) is 9.79. The van der Waals surface area contributed by atoms with Gasteiger partial charge in [-0.2, -0.15) is 0 Å². The number of nitrogens with two attached hydrogens (primary N) is 1. The number of methoxy groups -OCH3 is 1. The van der Waals surface area contributed by atoms with Crippen LogP contribution in [0.1, 0.15) is 36.3 Å². The zero-order chi connectivity index (χ0) is 18.6. The SMILES string of the molecule is COc1cc(CCOC(=O)[C@@H](N)CC(C)C)cc2[nH]c(C(=O)O)cc12. The molecule has 0 saturated heterocycles. The number of ether oxygens (including phenoxy) is 2. The fourth-order valence-electron chi connectivity index (χ4n) is 2.67. The first-order valence-corrected chi connectivity index (χ1v) is 8.17. The van der Waals surface area contributed by atoms with E-state index in [1.807, 2.05) is 26.0 Å². The lowest BCUT2D eigenvalue weighted by Crippen LogP contribution is -2.33. The molecular formula is C18H24N2O5. The average Bonchev–Trinajstić information content (AvgIpc) is 2.97. The Morgan fingerprint density at radius 2 is 2.00 bits per heavy atom. The van der Waals surface area contributed by atoms with Crippen molar-refractivity contribution in [1.29, 1.82) is 0 Å². The fraction of sp³-hybridized carbons (Fsp3) is 0.444. The van der Waals surface area contributed by atoms with Crippen LogP contribution >= 0.6 is 0 Å². The van der Waals surface area contributed by atoms with Crippen LogP contribution in [0.5, 0.6) is 5.75 Å². The van der Waals surface area contributed by atoms with Crippen molar-refractivity contribution in [3.05, 3.63) is 29.5 Å². The molecule has 0 amide bonds. The number of rotatable bonds is 8. The molecule has 0 spiro atoms. The van der Waals surface area contributed by atoms with Crippen LogP contribution in [0.4, 0.5) is 0 Å². The highest BCUT2D eigenvalue weighted by Crippen LogP contribution is 2.28. The number of fused-ring (bicyclic) bond motifs is 1. The first-order valence-electron chi connectivity index (χ1n) is 8.17. The van der Waals surface area contributed by atoms with Gasteiger partial charge in [-0.15, -0.1) is 0 Å². The molecule has 0 aliphatic heterocycles. The van der Waals surface area contributed by atoms with Gasteiger partial charge in [-0.1, -0.05) is 13.8 Å². The van der Waals surface area contributed by atoms with E-state index in [1.54, 1.807) is 0 Å². The summed E-state index contributed by atoms with van der Waals surface area (Å²) in [6, 6.07) is 4.56. The minimum atomic E-state index is -1.03. The number of carbonyl (C=O) groups is 2. The third kappa shape index (κ3) is 4.73. The molecule has 1 aromatic carbocycles. The van der Waals surface area contributed by atoms with Gasteiger partial charge in [-0.05, 0) is 36.1 Å². The quantitative estimate of drug-likeness (QED) is 0.631. The van der Waals surface area contributed by atoms with Gasteiger partial charge in [0.15, 0.2) is 0 Å². The maximum Gasteiger partial charge on any atom is 0.352 e. The molecule has 0 bridgehead atoms. The number of carboxylic acid groups (broad SMARTS) is 1. The van der Waals surface area contributed by atoms with E-state index >= 15 is 0 Å². The normalized spacial score (nSPS) is 12.4. The van der Waals surface area contributed by atoms with Gasteiger partial charge in [0.1, 0.15) is 17.5 Å². The van der Waals surface area contributed by atoms with Crippen LogP contribution in [0.15, 0.2) is 18.2 Å². The van der Waals surface area contributed by atoms with E-state index in [2.05, 4.69) is 4.98 Å². The number of aromatic carboxylic acids is 1. The number of H-pyrrole nitrogens is 1. The van der Waals surface area contributed by atoms with Gasteiger partial charge in [0.05, 0.1) is 19.2 Å². The molecule has 2 aromatic rings. The van der Waals surface area contributed by atoms with Gasteiger partial charge in [0.2, 0.25) is 0 Å². The standard InChI is InChI=1S/C18H24N2O5/c1-10(2)6-13(19)18(23)25-5-4-11-7-14-12(16(8-11)24-3)9-15(20-14)17(21)22/h7-10,13,20H,4-6,19H2,1-3H3,(H,21,22)/t13-/m0/s1. The molecule has 1 atom stereocenters. The molecule has 136 valence electrons. The monoisotopic (exact) mass is 348 g/mol. The zero-order valence-corrected chi connectivity index (χ0v) is 14.7. The highest BCUT2D eigenvalue weighted by atomic mass is 16.5. The Bertz CT molecular complexity index is 766. The first kappa shape index (κ1) is 18.8. The second kappa shape index (κ2) is 8.02. The van der Waals surface area contributed by atoms with Crippen LogP contribution in [0.3, 0.4) is 0 Å². The highest BCUT2D eigenvalue weighted by Gasteiger charge is 2.17. The van der Waals surface area contributed by atoms with Gasteiger partial charge in [-0.3, -0.25) is 4.79 Å². The van der Waals surface area contributed by atoms with E-state index in [4.69, 9.17) is 20.3 Å². The number of esters is 1. The Kier molecular flexibility index (Phi) is 6.03. The summed E-state index contributed by atoms with van der Waals surface area (Å²) in [5.74, 6) is -0.549. The van der Waals surface area contributed by atoms with Crippen molar-refractivity contribution < 1.29 is 24.2 Å². The molecule has 0 fully saturated rings. The molecule has 25 heavy (non-hydrogen) atoms. The third-order valence-electron chi connectivity index (χ3n) is 3.87. The van der Waals surface area contributed by atoms with Crippen molar-refractivity contribution in [3.63, 3.8) is 0 Å². The number of hydrogen-bond donors (Lipinski definition) is 3. The molecule has 4 N–H and O–H groups in total. The number of benzene rings is 1. The molecule has 2 rings (SSSR count). The molecule has 0 aliphatic rings. The Morgan fingerprint density at radius 3 is 2.60 bits per heavy atom. The molecule has 1 aromatic heterocycles. The molecule has 0 radical (unpaired) electrons. The summed E-state index contributed by atoms with van der Waals surface area (Å²) in [4.78, 5) is 25.8. The average molecular weight is 348 g/mol. The van der Waals surface area contributed by atoms with E-state index in [0.29, 0.717) is 35.4 Å². The van der Waals surface area contributed by atoms with E-state index in [9.17, 15) is 9.59 Å². The first-order chi connectivity index (χ1) is 11.8. The van der Waals surface area contributed by atoms with Crippen molar-refractivity contribution in [3.8, 4) is 5.75 Å². The van der Waals surface area contributed by atoms with E-state index in [1.165, 1.54) is 13.2 Å². The summed E-state index contributed by atoms with van der Waals surface area (Å²) in [6.07, 6.45) is 1.06. The summed E-state index contributed by atoms with van der Waals surface area (Å²) in [7, 11) is 1.52. The predicted molar refractivity (Wildman–Crippen MR) is 93.9 cm³/mol. The summed E-state index contributed by atoms with van der Waals surface area (Å²) >= 11 is 0. The lowest BCUT2D eigenvalue weighted by Gasteiger charge is -2.13. The second-order valence-corrected chi connectivity index (χ2v) is 6.40. The zero-order valence-electron chi connectivity index (χ0n) is 14.7. The molecule has 0 aliphatic carbocycles. The Morgan fingerprint density at radius 1 is 1.28 bits per heavy atom. The molecule has 7 nitrogen and oxygen atoms in total. The number of carboxylic acids is 1. The molecular weight excluding hydrogens is 324 g/mol. The Balaban J connectivity index is 2.06. The van der Waals surface area contributed by atoms with Crippen molar-refractivity contribution in [2.24, 2.45) is 11.7 Å². The van der Waals surface area contributed by atoms with Gasteiger partial charge in [0.25, 0.3) is 0 Å². The Labute approximate surface area is 146 Å². The van der Waals surface area contributed by atoms with Crippen molar-refractivity contribution in [2.75, 3.05) is 13.7 Å². The van der Waals surface area contributed by atoms with Crippen molar-refractivity contribution in [2.45, 2.75) is 32.7 Å². The molecule has 7 heteroatoms. The number of aromatic amines is 1. The maximum absolute atomic E-state index is 11.8. The van der Waals surface area contributed by atoms with E-state index in [0.717, 1.165) is 5.56 Å². The molecule has 0 unspecified atom stereocenters. The molecule has 0 saturated carbocycles. The largest absolute Gasteiger partial charge is 0.496 e. The lowest BCUT2D eigenvalue weighted by atomic mass is 10.0. The lowest BCUT2D eigenvalue weighted by molar-refractivity contribution is -0.145. The minimum Gasteiger partial charge on any atom is -0.496 e. The van der Waals surface area contributed by atoms with Crippen LogP contribution in [-0.4, -0.2) is 41.8 Å². The van der Waals surface area contributed by atoms with Crippen molar-refractivity contribution in [1.82, 2.24) is 4.98 Å². The van der Waals surface area contributed by atoms with Crippen LogP contribution in [0.2, 0.25) is 0 Å². The highest BCUT2D eigenvalue weighted by molar-refractivity contribution is 5.96. The number of nitrogens with one attached hydrogen (secondary N) is 1. The number of carbonyl (C=O) groups excluding carboxylic acids is 1. The fourth-order valence-corrected chi connectivity index (χ4v) is 2.67. The maximum atomic E-state index is 11.8. The van der Waals surface area contributed by atoms with E-state index < -0.39 is 18.0 Å². The smallest absolute Gasteiger partial charge is 0.352 e. The number of hydrogen-bond acceptors (Lipinski definition) is 5. The second-order valence-electron chi connectivity index (χ2n) is 6.40. The van der Waals surface area contributed by atoms with Gasteiger partial charge in [-0.25, -0.2) is 4.79 Å². The van der Waals surface area contributed by atoms with Gasteiger partial charge in [0, 0.05) is 11.8 Å². The van der Waals surface area contributed by atoms with Gasteiger partial charge >= 0.3 is 11.9 Å². The third-order valence-corrected chi connectivity index (χ3v) is 3.87. The molecule has 1 heterocycles. The summed E-state index contributed by atoms with van der Waals surface area (Å²) in [5.41, 5.74) is 7.42. The topological polar surface area (TPSA) is 115 Å². The van der Waals surface area contributed by atoms with Crippen LogP contribution in [0, 0.1) is 5.92 Å². The Hall–Kier alpha value is -2.54.